The summed E-state index contributed by atoms with van der Waals surface area (Å²) in [6.45, 7) is 0.368. The molecule has 1 atom stereocenters. The van der Waals surface area contributed by atoms with E-state index < -0.39 is 18.6 Å². The van der Waals surface area contributed by atoms with Gasteiger partial charge in [0.2, 0.25) is 0 Å². The molecule has 4 N–H and O–H groups in total. The molecule has 9 heteroatoms. The number of carbonyl (C=O) groups is 1. The molecule has 8 nitrogen and oxygen atoms in total. The summed E-state index contributed by atoms with van der Waals surface area (Å²) in [5, 5.41) is 34.0. The number of halogens is 1. The van der Waals surface area contributed by atoms with Crippen molar-refractivity contribution in [1.82, 2.24) is 10.3 Å². The number of aliphatic hydroxyl groups is 1. The Morgan fingerprint density at radius 3 is 2.59 bits per heavy atom. The number of benzene rings is 3. The molecule has 3 aromatic carbocycles. The van der Waals surface area contributed by atoms with E-state index in [-0.39, 0.29) is 13.2 Å². The smallest absolute Gasteiger partial charge is 0.323 e. The largest absolute Gasteiger partial charge is 0.488 e. The van der Waals surface area contributed by atoms with E-state index in [0.29, 0.717) is 17.9 Å². The van der Waals surface area contributed by atoms with Gasteiger partial charge in [0, 0.05) is 52.8 Å². The van der Waals surface area contributed by atoms with Crippen LogP contribution in [0.3, 0.4) is 0 Å². The van der Waals surface area contributed by atoms with Crippen LogP contribution in [0, 0.1) is 11.3 Å². The molecule has 0 aliphatic rings. The molecule has 39 heavy (non-hydrogen) atoms. The van der Waals surface area contributed by atoms with Crippen molar-refractivity contribution in [3.8, 4) is 22.9 Å². The van der Waals surface area contributed by atoms with E-state index in [1.54, 1.807) is 12.3 Å². The molecule has 0 spiro atoms. The Bertz CT molecular complexity index is 1470. The minimum absolute atomic E-state index is 0.173. The molecule has 198 valence electrons. The van der Waals surface area contributed by atoms with E-state index in [1.807, 2.05) is 42.5 Å². The summed E-state index contributed by atoms with van der Waals surface area (Å²) >= 11 is 3.76. The van der Waals surface area contributed by atoms with E-state index in [2.05, 4.69) is 61.9 Å². The van der Waals surface area contributed by atoms with Crippen LogP contribution in [0.1, 0.15) is 22.3 Å². The maximum atomic E-state index is 11.3. The molecule has 1 heterocycles. The van der Waals surface area contributed by atoms with Crippen LogP contribution < -0.4 is 15.4 Å². The van der Waals surface area contributed by atoms with Gasteiger partial charge in [-0.15, -0.1) is 0 Å². The van der Waals surface area contributed by atoms with Gasteiger partial charge in [-0.25, -0.2) is 0 Å². The standard InChI is InChI=1S/C30H27BrN4O4/c31-29-24(7-4-8-26(29)22-5-2-1-3-6-22)17-34-25-10-9-23(16-35-27(18-36)30(37)38)28(12-25)39-19-21-11-20(13-32)14-33-15-21/h1-12,14-15,27,34-36H,16-19H2,(H,37,38). The maximum Gasteiger partial charge on any atom is 0.323 e. The lowest BCUT2D eigenvalue weighted by Crippen LogP contribution is -2.39. The number of rotatable bonds is 12. The second kappa shape index (κ2) is 13.5. The van der Waals surface area contributed by atoms with Gasteiger partial charge in [-0.1, -0.05) is 54.6 Å². The highest BCUT2D eigenvalue weighted by Crippen LogP contribution is 2.32. The van der Waals surface area contributed by atoms with Crippen molar-refractivity contribution in [3.63, 3.8) is 0 Å². The predicted molar refractivity (Wildman–Crippen MR) is 152 cm³/mol. The first-order valence-corrected chi connectivity index (χ1v) is 13.0. The maximum absolute atomic E-state index is 11.3. The molecular weight excluding hydrogens is 560 g/mol. The van der Waals surface area contributed by atoms with E-state index in [1.165, 1.54) is 6.20 Å². The van der Waals surface area contributed by atoms with Crippen LogP contribution in [0.25, 0.3) is 11.1 Å². The third kappa shape index (κ3) is 7.42. The second-order valence-electron chi connectivity index (χ2n) is 8.76. The first kappa shape index (κ1) is 27.8. The number of aliphatic carboxylic acids is 1. The Labute approximate surface area is 235 Å². The van der Waals surface area contributed by atoms with E-state index >= 15 is 0 Å². The number of ether oxygens (including phenoxy) is 1. The van der Waals surface area contributed by atoms with Crippen LogP contribution in [0.15, 0.2) is 89.7 Å². The number of aliphatic hydroxyl groups excluding tert-OH is 1. The van der Waals surface area contributed by atoms with Crippen LogP contribution in [0.5, 0.6) is 5.75 Å². The number of nitrogens with one attached hydrogen (secondary N) is 2. The highest BCUT2D eigenvalue weighted by Gasteiger charge is 2.17. The molecule has 1 aromatic heterocycles. The van der Waals surface area contributed by atoms with Gasteiger partial charge in [0.05, 0.1) is 12.2 Å². The molecule has 0 aliphatic heterocycles. The fourth-order valence-corrected chi connectivity index (χ4v) is 4.58. The summed E-state index contributed by atoms with van der Waals surface area (Å²) in [6, 6.07) is 24.6. The van der Waals surface area contributed by atoms with E-state index in [9.17, 15) is 15.0 Å². The molecule has 0 saturated heterocycles. The number of aromatic nitrogens is 1. The number of hydrogen-bond donors (Lipinski definition) is 4. The van der Waals surface area contributed by atoms with Gasteiger partial charge in [0.1, 0.15) is 24.5 Å². The van der Waals surface area contributed by atoms with Crippen molar-refractivity contribution in [2.75, 3.05) is 11.9 Å². The van der Waals surface area contributed by atoms with Crippen molar-refractivity contribution < 1.29 is 19.7 Å². The fraction of sp³-hybridized carbons (Fsp3) is 0.167. The topological polar surface area (TPSA) is 128 Å². The van der Waals surface area contributed by atoms with Crippen molar-refractivity contribution in [2.24, 2.45) is 0 Å². The summed E-state index contributed by atoms with van der Waals surface area (Å²) in [6.07, 6.45) is 3.11. The Morgan fingerprint density at radius 1 is 1.03 bits per heavy atom. The monoisotopic (exact) mass is 586 g/mol. The summed E-state index contributed by atoms with van der Waals surface area (Å²) in [5.41, 5.74) is 6.00. The first-order valence-electron chi connectivity index (χ1n) is 12.2. The van der Waals surface area contributed by atoms with Crippen LogP contribution in [-0.2, 0) is 24.5 Å². The SMILES string of the molecule is N#Cc1cncc(COc2cc(NCc3cccc(-c4ccccc4)c3Br)ccc2CNC(CO)C(=O)O)c1. The molecule has 4 aromatic rings. The van der Waals surface area contributed by atoms with E-state index in [0.717, 1.165) is 38.0 Å². The minimum atomic E-state index is -1.14. The summed E-state index contributed by atoms with van der Waals surface area (Å²) in [4.78, 5) is 15.4. The average Bonchev–Trinajstić information content (AvgIpc) is 2.97. The lowest BCUT2D eigenvalue weighted by molar-refractivity contribution is -0.140. The van der Waals surface area contributed by atoms with Crippen molar-refractivity contribution >= 4 is 27.6 Å². The second-order valence-corrected chi connectivity index (χ2v) is 9.55. The summed E-state index contributed by atoms with van der Waals surface area (Å²) < 4.78 is 7.10. The molecule has 4 rings (SSSR count). The fourth-order valence-electron chi connectivity index (χ4n) is 3.95. The van der Waals surface area contributed by atoms with Gasteiger partial charge in [0.15, 0.2) is 0 Å². The Hall–Kier alpha value is -4.23. The van der Waals surface area contributed by atoms with Crippen LogP contribution in [-0.4, -0.2) is 33.8 Å². The van der Waals surface area contributed by atoms with Gasteiger partial charge in [-0.05, 0) is 44.8 Å². The predicted octanol–water partition coefficient (Wildman–Crippen LogP) is 5.11. The van der Waals surface area contributed by atoms with Gasteiger partial charge < -0.3 is 20.3 Å². The average molecular weight is 587 g/mol. The third-order valence-corrected chi connectivity index (χ3v) is 6.99. The van der Waals surface area contributed by atoms with Crippen LogP contribution in [0.4, 0.5) is 5.69 Å². The Morgan fingerprint density at radius 2 is 1.85 bits per heavy atom. The normalized spacial score (nSPS) is 11.4. The zero-order valence-corrected chi connectivity index (χ0v) is 22.6. The molecule has 1 unspecified atom stereocenters. The van der Waals surface area contributed by atoms with Gasteiger partial charge >= 0.3 is 5.97 Å². The summed E-state index contributed by atoms with van der Waals surface area (Å²) in [7, 11) is 0. The number of hydrogen-bond acceptors (Lipinski definition) is 7. The number of pyridine rings is 1. The van der Waals surface area contributed by atoms with E-state index in [4.69, 9.17) is 10.00 Å². The molecule has 0 bridgehead atoms. The highest BCUT2D eigenvalue weighted by molar-refractivity contribution is 9.10. The number of nitrogens with zero attached hydrogens (tertiary/aromatic N) is 2. The summed E-state index contributed by atoms with van der Waals surface area (Å²) in [5.74, 6) is -0.602. The molecule has 0 radical (unpaired) electrons. The lowest BCUT2D eigenvalue weighted by atomic mass is 10.0. The van der Waals surface area contributed by atoms with Crippen molar-refractivity contribution in [3.05, 3.63) is 112 Å². The quantitative estimate of drug-likeness (QED) is 0.180. The Balaban J connectivity index is 1.53. The molecule has 0 amide bonds. The first-order chi connectivity index (χ1) is 19.0. The molecule has 0 fully saturated rings. The highest BCUT2D eigenvalue weighted by atomic mass is 79.9. The van der Waals surface area contributed by atoms with Gasteiger partial charge in [-0.2, -0.15) is 5.26 Å². The third-order valence-electron chi connectivity index (χ3n) is 6.05. The lowest BCUT2D eigenvalue weighted by Gasteiger charge is -2.17. The zero-order chi connectivity index (χ0) is 27.6. The number of carboxylic acids is 1. The molecule has 0 aliphatic carbocycles. The zero-order valence-electron chi connectivity index (χ0n) is 21.0. The Kier molecular flexibility index (Phi) is 9.64. The van der Waals surface area contributed by atoms with Gasteiger partial charge in [0.25, 0.3) is 0 Å². The van der Waals surface area contributed by atoms with Crippen molar-refractivity contribution in [1.29, 1.82) is 5.26 Å². The van der Waals surface area contributed by atoms with Gasteiger partial charge in [-0.3, -0.25) is 15.1 Å². The van der Waals surface area contributed by atoms with Crippen LogP contribution >= 0.6 is 15.9 Å². The van der Waals surface area contributed by atoms with Crippen LogP contribution in [0.2, 0.25) is 0 Å². The minimum Gasteiger partial charge on any atom is -0.488 e. The molecular formula is C30H27BrN4O4. The number of carboxylic acid groups (broad SMARTS) is 1. The molecule has 0 saturated carbocycles. The van der Waals surface area contributed by atoms with Crippen molar-refractivity contribution in [2.45, 2.75) is 25.7 Å². The number of anilines is 1. The number of nitriles is 1.